The van der Waals surface area contributed by atoms with Gasteiger partial charge < -0.3 is 9.80 Å². The van der Waals surface area contributed by atoms with Crippen LogP contribution < -0.4 is 4.90 Å². The Balaban J connectivity index is 1.29. The average molecular weight is 616 g/mol. The molecule has 1 spiro atoms. The highest BCUT2D eigenvalue weighted by molar-refractivity contribution is 6.31. The summed E-state index contributed by atoms with van der Waals surface area (Å²) in [5.74, 6) is -2.45. The molecular weight excluding hydrogens is 593 g/mol. The van der Waals surface area contributed by atoms with E-state index in [1.807, 2.05) is 4.90 Å². The van der Waals surface area contributed by atoms with Crippen molar-refractivity contribution in [1.29, 1.82) is 0 Å². The minimum Gasteiger partial charge on any atom is -0.358 e. The zero-order valence-electron chi connectivity index (χ0n) is 22.4. The maximum Gasteiger partial charge on any atom is 0.419 e. The van der Waals surface area contributed by atoms with E-state index in [9.17, 15) is 31.5 Å². The molecular formula is C30H23ClF5N5O2. The number of carbonyl (C=O) groups excluding carboxylic acids is 2. The van der Waals surface area contributed by atoms with Crippen molar-refractivity contribution in [3.8, 4) is 16.9 Å². The van der Waals surface area contributed by atoms with E-state index in [2.05, 4.69) is 10.1 Å². The highest BCUT2D eigenvalue weighted by Crippen LogP contribution is 2.41. The summed E-state index contributed by atoms with van der Waals surface area (Å²) in [6.45, 7) is 0.886. The van der Waals surface area contributed by atoms with E-state index in [-0.39, 0.29) is 35.3 Å². The largest absolute Gasteiger partial charge is 0.419 e. The Morgan fingerprint density at radius 2 is 1.67 bits per heavy atom. The molecule has 0 saturated carbocycles. The lowest BCUT2D eigenvalue weighted by atomic mass is 9.83. The van der Waals surface area contributed by atoms with Crippen LogP contribution in [0, 0.1) is 11.6 Å². The van der Waals surface area contributed by atoms with Crippen molar-refractivity contribution in [3.05, 3.63) is 94.9 Å². The van der Waals surface area contributed by atoms with E-state index in [1.165, 1.54) is 35.3 Å². The predicted molar refractivity (Wildman–Crippen MR) is 148 cm³/mol. The fraction of sp³-hybridized carbons (Fsp3) is 0.267. The molecule has 0 radical (unpaired) electrons. The van der Waals surface area contributed by atoms with Crippen LogP contribution in [0.25, 0.3) is 16.9 Å². The molecule has 13 heteroatoms. The molecule has 2 aromatic heterocycles. The Kier molecular flexibility index (Phi) is 7.19. The van der Waals surface area contributed by atoms with Crippen LogP contribution >= 0.6 is 11.6 Å². The number of hydrogen-bond donors (Lipinski definition) is 0. The Morgan fingerprint density at radius 1 is 0.930 bits per heavy atom. The van der Waals surface area contributed by atoms with Crippen LogP contribution in [0.5, 0.6) is 0 Å². The monoisotopic (exact) mass is 615 g/mol. The number of amides is 1. The molecule has 222 valence electrons. The summed E-state index contributed by atoms with van der Waals surface area (Å²) in [4.78, 5) is 34.3. The second-order valence-corrected chi connectivity index (χ2v) is 10.9. The zero-order valence-corrected chi connectivity index (χ0v) is 23.2. The molecule has 2 aliphatic rings. The summed E-state index contributed by atoms with van der Waals surface area (Å²) in [6.07, 6.45) is -0.879. The van der Waals surface area contributed by atoms with Crippen molar-refractivity contribution in [2.24, 2.45) is 0 Å². The van der Waals surface area contributed by atoms with Gasteiger partial charge in [-0.25, -0.2) is 13.5 Å². The van der Waals surface area contributed by atoms with Crippen LogP contribution in [0.4, 0.5) is 27.6 Å². The van der Waals surface area contributed by atoms with E-state index in [4.69, 9.17) is 11.6 Å². The van der Waals surface area contributed by atoms with E-state index < -0.39 is 34.8 Å². The fourth-order valence-electron chi connectivity index (χ4n) is 5.90. The molecule has 4 heterocycles. The molecule has 0 N–H and O–H groups in total. The van der Waals surface area contributed by atoms with E-state index >= 15 is 0 Å². The van der Waals surface area contributed by atoms with Crippen LogP contribution in [0.2, 0.25) is 5.02 Å². The summed E-state index contributed by atoms with van der Waals surface area (Å²) in [6, 6.07) is 11.6. The summed E-state index contributed by atoms with van der Waals surface area (Å²) < 4.78 is 69.0. The van der Waals surface area contributed by atoms with Crippen molar-refractivity contribution in [2.45, 2.75) is 31.0 Å². The van der Waals surface area contributed by atoms with Gasteiger partial charge in [0.15, 0.2) is 11.5 Å². The van der Waals surface area contributed by atoms with E-state index in [1.54, 1.807) is 23.1 Å². The van der Waals surface area contributed by atoms with Gasteiger partial charge >= 0.3 is 6.18 Å². The number of nitrogens with zero attached hydrogens (tertiary/aromatic N) is 5. The molecule has 0 bridgehead atoms. The lowest BCUT2D eigenvalue weighted by molar-refractivity contribution is -0.140. The number of anilines is 1. The smallest absolute Gasteiger partial charge is 0.358 e. The Morgan fingerprint density at radius 3 is 2.33 bits per heavy atom. The molecule has 2 aromatic carbocycles. The number of aromatic nitrogens is 3. The molecule has 7 nitrogen and oxygen atoms in total. The third kappa shape index (κ3) is 5.13. The number of piperidine rings is 1. The van der Waals surface area contributed by atoms with Gasteiger partial charge in [-0.05, 0) is 61.4 Å². The number of alkyl halides is 3. The van der Waals surface area contributed by atoms with Crippen molar-refractivity contribution < 1.29 is 31.5 Å². The normalized spacial score (nSPS) is 16.7. The maximum atomic E-state index is 14.5. The van der Waals surface area contributed by atoms with Crippen molar-refractivity contribution in [3.63, 3.8) is 0 Å². The topological polar surface area (TPSA) is 71.3 Å². The van der Waals surface area contributed by atoms with Gasteiger partial charge in [0.25, 0.3) is 5.91 Å². The van der Waals surface area contributed by atoms with Gasteiger partial charge in [-0.2, -0.15) is 18.3 Å². The van der Waals surface area contributed by atoms with Crippen LogP contribution in [-0.4, -0.2) is 56.5 Å². The molecule has 6 rings (SSSR count). The first-order valence-corrected chi connectivity index (χ1v) is 13.8. The Labute approximate surface area is 247 Å². The number of carbonyl (C=O) groups is 2. The van der Waals surface area contributed by atoms with Crippen LogP contribution in [0.3, 0.4) is 0 Å². The lowest BCUT2D eigenvalue weighted by Gasteiger charge is -2.44. The molecule has 1 amide bonds. The van der Waals surface area contributed by atoms with E-state index in [0.717, 1.165) is 12.1 Å². The summed E-state index contributed by atoms with van der Waals surface area (Å²) in [5, 5.41) is 4.32. The molecule has 4 aromatic rings. The standard InChI is InChI=1S/C30H23ClF5N5O2/c31-22-14-19(4-6-23(22)32)40-11-7-27(42)29(40)8-12-39(13-9-29)28(43)25-16-26(18-2-1-10-37-17-18)41(38-25)20-3-5-21(24(33)15-20)30(34,35)36/h1-6,10,14-17H,7-9,11-13H2. The summed E-state index contributed by atoms with van der Waals surface area (Å²) in [5.41, 5.74) is -0.827. The molecule has 0 atom stereocenters. The SMILES string of the molecule is O=C(c1cc(-c2cccnc2)n(-c2ccc(C(F)(F)F)c(F)c2)n1)N1CCC2(CC1)C(=O)CCN2c1ccc(F)c(Cl)c1. The van der Waals surface area contributed by atoms with Gasteiger partial charge in [0.1, 0.15) is 17.2 Å². The predicted octanol–water partition coefficient (Wildman–Crippen LogP) is 6.34. The number of halogens is 6. The molecule has 0 aliphatic carbocycles. The summed E-state index contributed by atoms with van der Waals surface area (Å²) >= 11 is 6.01. The minimum atomic E-state index is -4.87. The van der Waals surface area contributed by atoms with Gasteiger partial charge in [0.2, 0.25) is 0 Å². The Bertz CT molecular complexity index is 1720. The van der Waals surface area contributed by atoms with Gasteiger partial charge in [-0.15, -0.1) is 0 Å². The first-order valence-electron chi connectivity index (χ1n) is 13.4. The first-order chi connectivity index (χ1) is 20.5. The maximum absolute atomic E-state index is 14.5. The van der Waals surface area contributed by atoms with Crippen LogP contribution in [0.15, 0.2) is 67.0 Å². The molecule has 43 heavy (non-hydrogen) atoms. The van der Waals surface area contributed by atoms with Gasteiger partial charge in [0.05, 0.1) is 22.0 Å². The third-order valence-electron chi connectivity index (χ3n) is 8.08. The Hall–Kier alpha value is -4.32. The minimum absolute atomic E-state index is 0.00460. The number of ketones is 1. The number of Topliss-reactive ketones (excluding diaryl/α,β-unsaturated/α-hetero) is 1. The van der Waals surface area contributed by atoms with Crippen molar-refractivity contribution in [1.82, 2.24) is 19.7 Å². The molecule has 2 aliphatic heterocycles. The average Bonchev–Trinajstić information content (AvgIpc) is 3.56. The highest BCUT2D eigenvalue weighted by atomic mass is 35.5. The lowest BCUT2D eigenvalue weighted by Crippen LogP contribution is -2.56. The second-order valence-electron chi connectivity index (χ2n) is 10.5. The van der Waals surface area contributed by atoms with Crippen molar-refractivity contribution in [2.75, 3.05) is 24.5 Å². The van der Waals surface area contributed by atoms with E-state index in [0.29, 0.717) is 48.8 Å². The zero-order chi connectivity index (χ0) is 30.5. The number of rotatable bonds is 4. The highest BCUT2D eigenvalue weighted by Gasteiger charge is 2.50. The first kappa shape index (κ1) is 28.8. The molecule has 0 unspecified atom stereocenters. The second kappa shape index (κ2) is 10.7. The molecule has 2 saturated heterocycles. The van der Waals surface area contributed by atoms with Gasteiger partial charge in [0, 0.05) is 55.8 Å². The van der Waals surface area contributed by atoms with Crippen molar-refractivity contribution >= 4 is 29.0 Å². The van der Waals surface area contributed by atoms with Gasteiger partial charge in [-0.3, -0.25) is 14.6 Å². The number of likely N-dealkylation sites (tertiary alicyclic amines) is 1. The van der Waals surface area contributed by atoms with Crippen LogP contribution in [-0.2, 0) is 11.0 Å². The van der Waals surface area contributed by atoms with Gasteiger partial charge in [-0.1, -0.05) is 11.6 Å². The van der Waals surface area contributed by atoms with Crippen LogP contribution in [0.1, 0.15) is 35.3 Å². The molecule has 2 fully saturated rings. The number of hydrogen-bond acceptors (Lipinski definition) is 5. The third-order valence-corrected chi connectivity index (χ3v) is 8.37. The quantitative estimate of drug-likeness (QED) is 0.251. The number of pyridine rings is 1. The summed E-state index contributed by atoms with van der Waals surface area (Å²) in [7, 11) is 0. The number of benzene rings is 2. The fourth-order valence-corrected chi connectivity index (χ4v) is 6.07.